The van der Waals surface area contributed by atoms with Gasteiger partial charge in [0.2, 0.25) is 0 Å². The van der Waals surface area contributed by atoms with Crippen molar-refractivity contribution in [3.05, 3.63) is 71.8 Å². The first-order chi connectivity index (χ1) is 11.8. The third-order valence-electron chi connectivity index (χ3n) is 3.46. The summed E-state index contributed by atoms with van der Waals surface area (Å²) in [6, 6.07) is 18.2. The van der Waals surface area contributed by atoms with Crippen LogP contribution in [0.4, 0.5) is 0 Å². The number of hydrogen-bond acceptors (Lipinski definition) is 4. The Morgan fingerprint density at radius 3 is 1.96 bits per heavy atom. The predicted octanol–water partition coefficient (Wildman–Crippen LogP) is 3.91. The lowest BCUT2D eigenvalue weighted by atomic mass is 10.1. The molecule has 4 heteroatoms. The van der Waals surface area contributed by atoms with Crippen LogP contribution in [0.3, 0.4) is 0 Å². The van der Waals surface area contributed by atoms with Gasteiger partial charge >= 0.3 is 5.97 Å². The number of hydrogen-bond donors (Lipinski definition) is 0. The van der Waals surface area contributed by atoms with Crippen molar-refractivity contribution in [2.45, 2.75) is 19.3 Å². The zero-order valence-corrected chi connectivity index (χ0v) is 13.6. The van der Waals surface area contributed by atoms with E-state index in [1.165, 1.54) is 0 Å². The Balaban J connectivity index is 1.48. The van der Waals surface area contributed by atoms with E-state index in [9.17, 15) is 9.59 Å². The van der Waals surface area contributed by atoms with Gasteiger partial charge in [0, 0.05) is 31.6 Å². The van der Waals surface area contributed by atoms with Crippen LogP contribution >= 0.6 is 0 Å². The summed E-state index contributed by atoms with van der Waals surface area (Å²) in [6.45, 7) is 1.38. The smallest absolute Gasteiger partial charge is 0.338 e. The molecule has 0 unspecified atom stereocenters. The molecule has 24 heavy (non-hydrogen) atoms. The van der Waals surface area contributed by atoms with E-state index in [2.05, 4.69) is 0 Å². The molecule has 0 aliphatic heterocycles. The first kappa shape index (κ1) is 17.9. The average Bonchev–Trinajstić information content (AvgIpc) is 2.65. The van der Waals surface area contributed by atoms with Crippen molar-refractivity contribution < 1.29 is 19.1 Å². The molecule has 0 bridgehead atoms. The molecule has 2 rings (SSSR count). The summed E-state index contributed by atoms with van der Waals surface area (Å²) >= 11 is 0. The summed E-state index contributed by atoms with van der Waals surface area (Å²) in [6.07, 6.45) is 1.82. The molecule has 0 atom stereocenters. The van der Waals surface area contributed by atoms with Gasteiger partial charge in [-0.1, -0.05) is 48.5 Å². The van der Waals surface area contributed by atoms with Gasteiger partial charge in [0.05, 0.1) is 12.2 Å². The van der Waals surface area contributed by atoms with Crippen molar-refractivity contribution in [1.82, 2.24) is 0 Å². The lowest BCUT2D eigenvalue weighted by Gasteiger charge is -2.06. The maximum absolute atomic E-state index is 11.9. The molecule has 0 amide bonds. The molecular weight excluding hydrogens is 304 g/mol. The Labute approximate surface area is 142 Å². The van der Waals surface area contributed by atoms with Crippen LogP contribution in [-0.4, -0.2) is 31.6 Å². The minimum atomic E-state index is -0.316. The summed E-state index contributed by atoms with van der Waals surface area (Å²) in [5, 5.41) is 0. The van der Waals surface area contributed by atoms with E-state index in [1.54, 1.807) is 24.3 Å². The van der Waals surface area contributed by atoms with Crippen molar-refractivity contribution in [2.75, 3.05) is 19.8 Å². The van der Waals surface area contributed by atoms with Gasteiger partial charge in [0.1, 0.15) is 0 Å². The van der Waals surface area contributed by atoms with Crippen LogP contribution in [0.25, 0.3) is 0 Å². The minimum Gasteiger partial charge on any atom is -0.462 e. The first-order valence-electron chi connectivity index (χ1n) is 8.15. The van der Waals surface area contributed by atoms with Crippen LogP contribution in [0.2, 0.25) is 0 Å². The van der Waals surface area contributed by atoms with Crippen molar-refractivity contribution in [2.24, 2.45) is 0 Å². The highest BCUT2D eigenvalue weighted by atomic mass is 16.5. The van der Waals surface area contributed by atoms with Gasteiger partial charge in [-0.15, -0.1) is 0 Å². The quantitative estimate of drug-likeness (QED) is 0.377. The molecule has 0 fully saturated rings. The standard InChI is InChI=1S/C20H22O4/c21-19(17-9-3-1-4-10-17)13-7-14-23-15-8-16-24-20(22)18-11-5-2-6-12-18/h1-6,9-12H,7-8,13-16H2. The van der Waals surface area contributed by atoms with E-state index >= 15 is 0 Å². The lowest BCUT2D eigenvalue weighted by Crippen LogP contribution is -2.09. The van der Waals surface area contributed by atoms with Gasteiger partial charge in [0.15, 0.2) is 5.78 Å². The number of esters is 1. The van der Waals surface area contributed by atoms with Crippen LogP contribution in [0.5, 0.6) is 0 Å². The fourth-order valence-corrected chi connectivity index (χ4v) is 2.19. The number of Topliss-reactive ketones (excluding diaryl/α,β-unsaturated/α-hetero) is 1. The van der Waals surface area contributed by atoms with Crippen molar-refractivity contribution in [1.29, 1.82) is 0 Å². The third-order valence-corrected chi connectivity index (χ3v) is 3.46. The second-order valence-electron chi connectivity index (χ2n) is 5.36. The number of ether oxygens (including phenoxy) is 2. The molecule has 2 aromatic carbocycles. The zero-order chi connectivity index (χ0) is 17.0. The molecule has 0 saturated carbocycles. The van der Waals surface area contributed by atoms with E-state index in [1.807, 2.05) is 36.4 Å². The van der Waals surface area contributed by atoms with Crippen LogP contribution in [0, 0.1) is 0 Å². The molecule has 0 radical (unpaired) electrons. The van der Waals surface area contributed by atoms with Gasteiger partial charge in [-0.25, -0.2) is 4.79 Å². The summed E-state index contributed by atoms with van der Waals surface area (Å²) < 4.78 is 10.6. The number of rotatable bonds is 10. The lowest BCUT2D eigenvalue weighted by molar-refractivity contribution is 0.0442. The highest BCUT2D eigenvalue weighted by Gasteiger charge is 2.06. The Morgan fingerprint density at radius 2 is 1.29 bits per heavy atom. The van der Waals surface area contributed by atoms with Gasteiger partial charge in [-0.2, -0.15) is 0 Å². The van der Waals surface area contributed by atoms with Crippen molar-refractivity contribution in [3.8, 4) is 0 Å². The monoisotopic (exact) mass is 326 g/mol. The molecule has 2 aromatic rings. The zero-order valence-electron chi connectivity index (χ0n) is 13.6. The molecule has 0 spiro atoms. The highest BCUT2D eigenvalue weighted by molar-refractivity contribution is 5.95. The largest absolute Gasteiger partial charge is 0.462 e. The maximum atomic E-state index is 11.9. The Morgan fingerprint density at radius 1 is 0.708 bits per heavy atom. The SMILES string of the molecule is O=C(CCCOCCCOC(=O)c1ccccc1)c1ccccc1. The Hall–Kier alpha value is -2.46. The van der Waals surface area contributed by atoms with Crippen molar-refractivity contribution in [3.63, 3.8) is 0 Å². The molecule has 0 heterocycles. The van der Waals surface area contributed by atoms with Crippen LogP contribution < -0.4 is 0 Å². The highest BCUT2D eigenvalue weighted by Crippen LogP contribution is 2.05. The summed E-state index contributed by atoms with van der Waals surface area (Å²) in [5.74, 6) is -0.181. The minimum absolute atomic E-state index is 0.135. The van der Waals surface area contributed by atoms with Gasteiger partial charge < -0.3 is 9.47 Å². The third kappa shape index (κ3) is 6.34. The predicted molar refractivity (Wildman–Crippen MR) is 92.2 cm³/mol. The van der Waals surface area contributed by atoms with E-state index in [0.717, 1.165) is 5.56 Å². The molecular formula is C20H22O4. The maximum Gasteiger partial charge on any atom is 0.338 e. The number of carbonyl (C=O) groups excluding carboxylic acids is 2. The normalized spacial score (nSPS) is 10.3. The second-order valence-corrected chi connectivity index (χ2v) is 5.36. The van der Waals surface area contributed by atoms with Gasteiger partial charge in [0.25, 0.3) is 0 Å². The topological polar surface area (TPSA) is 52.6 Å². The van der Waals surface area contributed by atoms with Gasteiger partial charge in [-0.3, -0.25) is 4.79 Å². The van der Waals surface area contributed by atoms with E-state index in [4.69, 9.17) is 9.47 Å². The fraction of sp³-hybridized carbons (Fsp3) is 0.300. The fourth-order valence-electron chi connectivity index (χ4n) is 2.19. The molecule has 0 aliphatic carbocycles. The summed E-state index contributed by atoms with van der Waals surface area (Å²) in [4.78, 5) is 23.6. The molecule has 126 valence electrons. The molecule has 0 aliphatic rings. The van der Waals surface area contributed by atoms with E-state index in [0.29, 0.717) is 44.6 Å². The van der Waals surface area contributed by atoms with Crippen LogP contribution in [-0.2, 0) is 9.47 Å². The average molecular weight is 326 g/mol. The molecule has 0 aromatic heterocycles. The van der Waals surface area contributed by atoms with Crippen LogP contribution in [0.15, 0.2) is 60.7 Å². The summed E-state index contributed by atoms with van der Waals surface area (Å²) in [5.41, 5.74) is 1.29. The Bertz CT molecular complexity index is 565. The number of benzene rings is 2. The van der Waals surface area contributed by atoms with Crippen LogP contribution in [0.1, 0.15) is 40.0 Å². The van der Waals surface area contributed by atoms with Crippen molar-refractivity contribution >= 4 is 11.8 Å². The first-order valence-corrected chi connectivity index (χ1v) is 8.15. The van der Waals surface area contributed by atoms with E-state index < -0.39 is 0 Å². The number of carbonyl (C=O) groups is 2. The number of ketones is 1. The second kappa shape index (κ2) is 10.3. The molecule has 4 nitrogen and oxygen atoms in total. The van der Waals surface area contributed by atoms with Gasteiger partial charge in [-0.05, 0) is 18.6 Å². The molecule has 0 saturated heterocycles. The molecule has 0 N–H and O–H groups in total. The summed E-state index contributed by atoms with van der Waals surface area (Å²) in [7, 11) is 0. The van der Waals surface area contributed by atoms with E-state index in [-0.39, 0.29) is 11.8 Å². The Kier molecular flexibility index (Phi) is 7.71.